The predicted molar refractivity (Wildman–Crippen MR) is 162 cm³/mol. The third kappa shape index (κ3) is 8.07. The zero-order valence-corrected chi connectivity index (χ0v) is 26.0. The molecule has 0 aliphatic carbocycles. The van der Waals surface area contributed by atoms with Crippen LogP contribution >= 0.6 is 0 Å². The molecule has 8 heteroatoms. The number of rotatable bonds is 12. The lowest BCUT2D eigenvalue weighted by Gasteiger charge is -2.24. The van der Waals surface area contributed by atoms with Crippen LogP contribution in [0.2, 0.25) is 0 Å². The Hall–Kier alpha value is -2.87. The van der Waals surface area contributed by atoms with Crippen LogP contribution < -0.4 is 15.4 Å². The van der Waals surface area contributed by atoms with Crippen molar-refractivity contribution in [1.29, 1.82) is 0 Å². The molecule has 2 amide bonds. The summed E-state index contributed by atoms with van der Waals surface area (Å²) in [7, 11) is -4.07. The van der Waals surface area contributed by atoms with Gasteiger partial charge in [0.2, 0.25) is 11.8 Å². The highest BCUT2D eigenvalue weighted by Crippen LogP contribution is 2.37. The van der Waals surface area contributed by atoms with Crippen LogP contribution in [0.1, 0.15) is 117 Å². The molecule has 0 spiro atoms. The third-order valence-corrected chi connectivity index (χ3v) is 8.75. The lowest BCUT2D eigenvalue weighted by molar-refractivity contribution is -0.120. The number of benzene rings is 2. The highest BCUT2D eigenvalue weighted by molar-refractivity contribution is 7.92. The first kappa shape index (κ1) is 32.3. The van der Waals surface area contributed by atoms with Gasteiger partial charge < -0.3 is 10.6 Å². The number of sulfonamides is 1. The van der Waals surface area contributed by atoms with Crippen LogP contribution in [0.3, 0.4) is 0 Å². The van der Waals surface area contributed by atoms with Gasteiger partial charge in [-0.15, -0.1) is 0 Å². The first-order valence-corrected chi connectivity index (χ1v) is 15.6. The Morgan fingerprint density at radius 2 is 1.18 bits per heavy atom. The van der Waals surface area contributed by atoms with E-state index in [0.717, 1.165) is 16.7 Å². The maximum atomic E-state index is 14.1. The van der Waals surface area contributed by atoms with Gasteiger partial charge in [-0.1, -0.05) is 81.4 Å². The minimum Gasteiger partial charge on any atom is -0.326 e. The molecule has 0 fully saturated rings. The van der Waals surface area contributed by atoms with Crippen LogP contribution in [-0.2, 0) is 19.6 Å². The molecule has 2 atom stereocenters. The number of amides is 2. The number of hydrogen-bond acceptors (Lipinski definition) is 4. The Balaban J connectivity index is 2.70. The molecule has 3 N–H and O–H groups in total. The van der Waals surface area contributed by atoms with Crippen LogP contribution in [0.25, 0.3) is 0 Å². The first-order chi connectivity index (χ1) is 18.1. The fourth-order valence-corrected chi connectivity index (χ4v) is 5.87. The van der Waals surface area contributed by atoms with Crippen LogP contribution in [0.15, 0.2) is 35.2 Å². The number of carbonyl (C=O) groups excluding carboxylic acids is 2. The minimum absolute atomic E-state index is 0.0292. The van der Waals surface area contributed by atoms with Crippen LogP contribution in [-0.4, -0.2) is 20.2 Å². The van der Waals surface area contributed by atoms with E-state index < -0.39 is 10.0 Å². The van der Waals surface area contributed by atoms with E-state index in [1.54, 1.807) is 18.2 Å². The Labute approximate surface area is 235 Å². The van der Waals surface area contributed by atoms with Crippen molar-refractivity contribution in [2.45, 2.75) is 105 Å². The summed E-state index contributed by atoms with van der Waals surface area (Å²) in [6.07, 6.45) is 1.32. The van der Waals surface area contributed by atoms with Crippen molar-refractivity contribution < 1.29 is 18.0 Å². The second kappa shape index (κ2) is 13.5. The van der Waals surface area contributed by atoms with Crippen molar-refractivity contribution in [3.63, 3.8) is 0 Å². The standard InChI is InChI=1S/C31H47N3O4S/c1-11-21(9)30(35)32-24-13-14-27(33-31(36)22(10)12-2)28(17-24)34-39(37,38)29-25(19(5)6)15-23(18(3)4)16-26(29)20(7)8/h13-22,34H,11-12H2,1-10H3,(H,32,35)(H,33,36). The zero-order chi connectivity index (χ0) is 29.7. The minimum atomic E-state index is -4.07. The molecule has 0 radical (unpaired) electrons. The summed E-state index contributed by atoms with van der Waals surface area (Å²) in [4.78, 5) is 25.6. The Kier molecular flexibility index (Phi) is 11.2. The quantitative estimate of drug-likeness (QED) is 0.247. The Morgan fingerprint density at radius 3 is 1.62 bits per heavy atom. The summed E-state index contributed by atoms with van der Waals surface area (Å²) in [6.45, 7) is 19.7. The van der Waals surface area contributed by atoms with E-state index in [4.69, 9.17) is 0 Å². The van der Waals surface area contributed by atoms with Gasteiger partial charge in [0.05, 0.1) is 16.3 Å². The van der Waals surface area contributed by atoms with Crippen LogP contribution in [0.5, 0.6) is 0 Å². The van der Waals surface area contributed by atoms with Gasteiger partial charge in [-0.3, -0.25) is 14.3 Å². The van der Waals surface area contributed by atoms with E-state index in [0.29, 0.717) is 24.2 Å². The molecule has 216 valence electrons. The second-order valence-corrected chi connectivity index (χ2v) is 13.1. The lowest BCUT2D eigenvalue weighted by atomic mass is 9.89. The molecule has 2 aromatic carbocycles. The average Bonchev–Trinajstić information content (AvgIpc) is 2.87. The fraction of sp³-hybridized carbons (Fsp3) is 0.548. The van der Waals surface area contributed by atoms with Gasteiger partial charge in [0, 0.05) is 17.5 Å². The van der Waals surface area contributed by atoms with Crippen molar-refractivity contribution in [2.75, 3.05) is 15.4 Å². The molecule has 0 heterocycles. The molecule has 39 heavy (non-hydrogen) atoms. The molecular formula is C31H47N3O4S. The molecule has 0 saturated carbocycles. The molecule has 0 aromatic heterocycles. The van der Waals surface area contributed by atoms with Crippen molar-refractivity contribution in [1.82, 2.24) is 0 Å². The van der Waals surface area contributed by atoms with E-state index in [1.165, 1.54) is 0 Å². The molecule has 2 aromatic rings. The molecule has 0 bridgehead atoms. The molecule has 2 rings (SSSR count). The topological polar surface area (TPSA) is 104 Å². The highest BCUT2D eigenvalue weighted by Gasteiger charge is 2.28. The summed E-state index contributed by atoms with van der Waals surface area (Å²) in [5.41, 5.74) is 3.58. The van der Waals surface area contributed by atoms with E-state index in [1.807, 2.05) is 67.5 Å². The third-order valence-electron chi connectivity index (χ3n) is 7.26. The molecule has 0 aliphatic rings. The van der Waals surface area contributed by atoms with Crippen molar-refractivity contribution in [3.05, 3.63) is 47.0 Å². The van der Waals surface area contributed by atoms with Gasteiger partial charge in [-0.05, 0) is 65.5 Å². The SMILES string of the molecule is CCC(C)C(=O)Nc1ccc(NC(=O)C(C)CC)c(NS(=O)(=O)c2c(C(C)C)cc(C(C)C)cc2C(C)C)c1. The Morgan fingerprint density at radius 1 is 0.692 bits per heavy atom. The van der Waals surface area contributed by atoms with Gasteiger partial charge in [0.25, 0.3) is 10.0 Å². The summed E-state index contributed by atoms with van der Waals surface area (Å²) in [5, 5.41) is 5.74. The lowest BCUT2D eigenvalue weighted by Crippen LogP contribution is -2.23. The molecule has 0 saturated heterocycles. The molecule has 0 aliphatic heterocycles. The molecular weight excluding hydrogens is 510 g/mol. The van der Waals surface area contributed by atoms with E-state index in [2.05, 4.69) is 29.2 Å². The van der Waals surface area contributed by atoms with Gasteiger partial charge >= 0.3 is 0 Å². The van der Waals surface area contributed by atoms with E-state index in [9.17, 15) is 18.0 Å². The van der Waals surface area contributed by atoms with Gasteiger partial charge in [0.1, 0.15) is 0 Å². The normalized spacial score (nSPS) is 13.5. The monoisotopic (exact) mass is 557 g/mol. The zero-order valence-electron chi connectivity index (χ0n) is 25.2. The smallest absolute Gasteiger partial charge is 0.262 e. The number of carbonyl (C=O) groups is 2. The van der Waals surface area contributed by atoms with Gasteiger partial charge in [0.15, 0.2) is 0 Å². The van der Waals surface area contributed by atoms with Crippen LogP contribution in [0.4, 0.5) is 17.1 Å². The summed E-state index contributed by atoms with van der Waals surface area (Å²) in [5.74, 6) is -0.619. The van der Waals surface area contributed by atoms with Crippen molar-refractivity contribution in [3.8, 4) is 0 Å². The van der Waals surface area contributed by atoms with E-state index >= 15 is 0 Å². The van der Waals surface area contributed by atoms with Crippen molar-refractivity contribution in [2.24, 2.45) is 11.8 Å². The summed E-state index contributed by atoms with van der Waals surface area (Å²) in [6, 6.07) is 8.84. The van der Waals surface area contributed by atoms with Crippen molar-refractivity contribution >= 4 is 38.9 Å². The largest absolute Gasteiger partial charge is 0.326 e. The first-order valence-electron chi connectivity index (χ1n) is 14.1. The second-order valence-electron chi connectivity index (χ2n) is 11.5. The van der Waals surface area contributed by atoms with E-state index in [-0.39, 0.29) is 52.0 Å². The predicted octanol–water partition coefficient (Wildman–Crippen LogP) is 7.83. The Bertz CT molecular complexity index is 1250. The van der Waals surface area contributed by atoms with Gasteiger partial charge in [-0.2, -0.15) is 0 Å². The average molecular weight is 558 g/mol. The molecule has 7 nitrogen and oxygen atoms in total. The summed E-state index contributed by atoms with van der Waals surface area (Å²) >= 11 is 0. The fourth-order valence-electron chi connectivity index (χ4n) is 4.10. The maximum absolute atomic E-state index is 14.1. The molecule has 2 unspecified atom stereocenters. The van der Waals surface area contributed by atoms with Gasteiger partial charge in [-0.25, -0.2) is 8.42 Å². The maximum Gasteiger partial charge on any atom is 0.262 e. The van der Waals surface area contributed by atoms with Crippen LogP contribution in [0, 0.1) is 11.8 Å². The number of anilines is 3. The number of hydrogen-bond donors (Lipinski definition) is 3. The summed E-state index contributed by atoms with van der Waals surface area (Å²) < 4.78 is 31.0. The number of nitrogens with one attached hydrogen (secondary N) is 3. The highest BCUT2D eigenvalue weighted by atomic mass is 32.2.